The van der Waals surface area contributed by atoms with Crippen LogP contribution in [0.3, 0.4) is 0 Å². The lowest BCUT2D eigenvalue weighted by molar-refractivity contribution is -0.384. The van der Waals surface area contributed by atoms with Crippen molar-refractivity contribution in [2.75, 3.05) is 32.8 Å². The number of carbonyl (C=O) groups excluding carboxylic acids is 3. The topological polar surface area (TPSA) is 148 Å². The van der Waals surface area contributed by atoms with E-state index < -0.39 is 10.8 Å². The number of nitrogens with zero attached hydrogens (tertiary/aromatic N) is 3. The summed E-state index contributed by atoms with van der Waals surface area (Å²) in [6.07, 6.45) is -0.326. The first-order chi connectivity index (χ1) is 12.4. The molecule has 0 bridgehead atoms. The molecule has 140 valence electrons. The maximum absolute atomic E-state index is 12.2. The minimum Gasteiger partial charge on any atom is -0.484 e. The predicted molar refractivity (Wildman–Crippen MR) is 88.7 cm³/mol. The van der Waals surface area contributed by atoms with Crippen molar-refractivity contribution in [3.63, 3.8) is 0 Å². The molecule has 0 aromatic heterocycles. The number of amides is 3. The number of carbonyl (C=O) groups is 3. The molecule has 0 atom stereocenters. The molecular weight excluding hydrogens is 346 g/mol. The molecule has 1 saturated heterocycles. The summed E-state index contributed by atoms with van der Waals surface area (Å²) >= 11 is 0. The van der Waals surface area contributed by atoms with Crippen molar-refractivity contribution in [3.05, 3.63) is 34.4 Å². The number of nitrogens with one attached hydrogen (secondary N) is 1. The first-order valence-electron chi connectivity index (χ1n) is 7.83. The maximum Gasteiger partial charge on any atom is 0.269 e. The van der Waals surface area contributed by atoms with E-state index in [4.69, 9.17) is 10.6 Å². The summed E-state index contributed by atoms with van der Waals surface area (Å²) in [4.78, 5) is 48.2. The molecule has 1 fully saturated rings. The van der Waals surface area contributed by atoms with Gasteiger partial charge < -0.3 is 14.5 Å². The van der Waals surface area contributed by atoms with Crippen LogP contribution in [-0.2, 0) is 14.4 Å². The molecule has 1 aromatic carbocycles. The molecular formula is C15H19N5O6. The van der Waals surface area contributed by atoms with E-state index in [9.17, 15) is 24.5 Å². The zero-order valence-corrected chi connectivity index (χ0v) is 13.9. The van der Waals surface area contributed by atoms with Crippen molar-refractivity contribution in [3.8, 4) is 5.75 Å². The molecule has 0 unspecified atom stereocenters. The Morgan fingerprint density at radius 1 is 1.08 bits per heavy atom. The summed E-state index contributed by atoms with van der Waals surface area (Å²) in [5.41, 5.74) is 1.84. The van der Waals surface area contributed by atoms with Crippen LogP contribution in [0.1, 0.15) is 6.42 Å². The third-order valence-electron chi connectivity index (χ3n) is 3.87. The molecule has 0 saturated carbocycles. The van der Waals surface area contributed by atoms with Gasteiger partial charge in [0.15, 0.2) is 6.61 Å². The maximum atomic E-state index is 12.2. The van der Waals surface area contributed by atoms with Crippen molar-refractivity contribution in [1.29, 1.82) is 0 Å². The van der Waals surface area contributed by atoms with E-state index >= 15 is 0 Å². The molecule has 1 aliphatic heterocycles. The molecule has 0 aliphatic carbocycles. The molecule has 11 heteroatoms. The highest BCUT2D eigenvalue weighted by Gasteiger charge is 2.25. The minimum absolute atomic E-state index is 0.0622. The van der Waals surface area contributed by atoms with Crippen LogP contribution in [0.15, 0.2) is 24.3 Å². The Morgan fingerprint density at radius 2 is 1.62 bits per heavy atom. The average molecular weight is 365 g/mol. The number of rotatable bonds is 6. The van der Waals surface area contributed by atoms with Gasteiger partial charge in [0, 0.05) is 38.3 Å². The second-order valence-corrected chi connectivity index (χ2v) is 5.55. The second-order valence-electron chi connectivity index (χ2n) is 5.55. The van der Waals surface area contributed by atoms with Gasteiger partial charge in [-0.2, -0.15) is 0 Å². The fourth-order valence-corrected chi connectivity index (χ4v) is 2.41. The zero-order valence-electron chi connectivity index (χ0n) is 13.9. The van der Waals surface area contributed by atoms with Gasteiger partial charge in [0.25, 0.3) is 11.6 Å². The molecule has 3 N–H and O–H groups in total. The molecule has 26 heavy (non-hydrogen) atoms. The number of nitro groups is 1. The van der Waals surface area contributed by atoms with Crippen LogP contribution in [-0.4, -0.2) is 65.2 Å². The number of hydrogen-bond acceptors (Lipinski definition) is 7. The Balaban J connectivity index is 1.76. The lowest BCUT2D eigenvalue weighted by Crippen LogP contribution is -2.52. The van der Waals surface area contributed by atoms with Gasteiger partial charge >= 0.3 is 0 Å². The number of non-ortho nitro benzene ring substituents is 1. The fraction of sp³-hybridized carbons (Fsp3) is 0.400. The molecule has 0 spiro atoms. The molecule has 11 nitrogen and oxygen atoms in total. The van der Waals surface area contributed by atoms with E-state index in [0.29, 0.717) is 31.9 Å². The van der Waals surface area contributed by atoms with E-state index in [1.807, 2.05) is 5.43 Å². The number of ether oxygens (including phenoxy) is 1. The molecule has 1 aromatic rings. The van der Waals surface area contributed by atoms with Crippen LogP contribution in [0.4, 0.5) is 5.69 Å². The van der Waals surface area contributed by atoms with Crippen molar-refractivity contribution in [2.45, 2.75) is 6.42 Å². The summed E-state index contributed by atoms with van der Waals surface area (Å²) in [7, 11) is 0. The number of hydrazine groups is 1. The molecule has 2 rings (SSSR count). The molecule has 1 aliphatic rings. The monoisotopic (exact) mass is 365 g/mol. The summed E-state index contributed by atoms with van der Waals surface area (Å²) in [6, 6.07) is 5.43. The average Bonchev–Trinajstić information content (AvgIpc) is 2.66. The van der Waals surface area contributed by atoms with Crippen LogP contribution >= 0.6 is 0 Å². The number of hydrogen-bond donors (Lipinski definition) is 2. The van der Waals surface area contributed by atoms with Gasteiger partial charge in [-0.05, 0) is 12.1 Å². The van der Waals surface area contributed by atoms with Gasteiger partial charge in [-0.15, -0.1) is 0 Å². The third kappa shape index (κ3) is 5.14. The number of nitro benzene ring substituents is 1. The van der Waals surface area contributed by atoms with Crippen LogP contribution in [0, 0.1) is 10.1 Å². The van der Waals surface area contributed by atoms with E-state index in [-0.39, 0.29) is 30.5 Å². The van der Waals surface area contributed by atoms with Crippen molar-refractivity contribution in [2.24, 2.45) is 5.84 Å². The van der Waals surface area contributed by atoms with Gasteiger partial charge in [-0.1, -0.05) is 0 Å². The largest absolute Gasteiger partial charge is 0.484 e. The van der Waals surface area contributed by atoms with E-state index in [1.54, 1.807) is 4.90 Å². The lowest BCUT2D eigenvalue weighted by atomic mass is 10.2. The smallest absolute Gasteiger partial charge is 0.269 e. The lowest BCUT2D eigenvalue weighted by Gasteiger charge is -2.34. The Labute approximate surface area is 148 Å². The van der Waals surface area contributed by atoms with Crippen LogP contribution < -0.4 is 16.0 Å². The van der Waals surface area contributed by atoms with Gasteiger partial charge in [0.2, 0.25) is 11.8 Å². The normalized spacial score (nSPS) is 13.9. The van der Waals surface area contributed by atoms with Crippen LogP contribution in [0.2, 0.25) is 0 Å². The Kier molecular flexibility index (Phi) is 6.44. The quantitative estimate of drug-likeness (QED) is 0.216. The highest BCUT2D eigenvalue weighted by atomic mass is 16.6. The third-order valence-corrected chi connectivity index (χ3v) is 3.87. The zero-order chi connectivity index (χ0) is 19.1. The summed E-state index contributed by atoms with van der Waals surface area (Å²) in [6.45, 7) is 1.10. The number of piperazine rings is 1. The summed E-state index contributed by atoms with van der Waals surface area (Å²) < 4.78 is 5.34. The number of benzene rings is 1. The van der Waals surface area contributed by atoms with Crippen molar-refractivity contribution >= 4 is 23.4 Å². The molecule has 3 amide bonds. The van der Waals surface area contributed by atoms with Crippen molar-refractivity contribution in [1.82, 2.24) is 15.2 Å². The van der Waals surface area contributed by atoms with E-state index in [2.05, 4.69) is 0 Å². The van der Waals surface area contributed by atoms with Gasteiger partial charge in [-0.3, -0.25) is 29.9 Å². The standard InChI is InChI=1S/C15H19N5O6/c16-17-13(21)9-14(22)18-5-7-19(8-6-18)15(23)10-26-12-3-1-11(2-4-12)20(24)25/h1-4H,5-10,16H2,(H,17,21). The van der Waals surface area contributed by atoms with E-state index in [0.717, 1.165) is 0 Å². The Hall–Kier alpha value is -3.21. The van der Waals surface area contributed by atoms with Gasteiger partial charge in [-0.25, -0.2) is 5.84 Å². The highest BCUT2D eigenvalue weighted by Crippen LogP contribution is 2.17. The van der Waals surface area contributed by atoms with Crippen molar-refractivity contribution < 1.29 is 24.0 Å². The highest BCUT2D eigenvalue weighted by molar-refractivity contribution is 5.96. The summed E-state index contributed by atoms with van der Waals surface area (Å²) in [5, 5.41) is 10.6. The second kappa shape index (κ2) is 8.76. The Morgan fingerprint density at radius 3 is 2.12 bits per heavy atom. The first kappa shape index (κ1) is 19.1. The van der Waals surface area contributed by atoms with Crippen LogP contribution in [0.5, 0.6) is 5.75 Å². The van der Waals surface area contributed by atoms with Gasteiger partial charge in [0.1, 0.15) is 12.2 Å². The predicted octanol–water partition coefficient (Wildman–Crippen LogP) is -0.976. The van der Waals surface area contributed by atoms with Crippen LogP contribution in [0.25, 0.3) is 0 Å². The number of nitrogens with two attached hydrogens (primary N) is 1. The molecule has 0 radical (unpaired) electrons. The fourth-order valence-electron chi connectivity index (χ4n) is 2.41. The summed E-state index contributed by atoms with van der Waals surface area (Å²) in [5.74, 6) is 4.13. The SMILES string of the molecule is NNC(=O)CC(=O)N1CCN(C(=O)COc2ccc([N+](=O)[O-])cc2)CC1. The van der Waals surface area contributed by atoms with Gasteiger partial charge in [0.05, 0.1) is 4.92 Å². The minimum atomic E-state index is -0.565. The Bertz CT molecular complexity index is 684. The van der Waals surface area contributed by atoms with E-state index in [1.165, 1.54) is 29.2 Å². The molecule has 1 heterocycles. The first-order valence-corrected chi connectivity index (χ1v) is 7.83.